The summed E-state index contributed by atoms with van der Waals surface area (Å²) in [5.74, 6) is -0.222. The molecule has 0 aromatic heterocycles. The molecule has 2 rings (SSSR count). The minimum Gasteiger partial charge on any atom is -0.493 e. The lowest BCUT2D eigenvalue weighted by Gasteiger charge is -2.10. The van der Waals surface area contributed by atoms with Crippen LogP contribution in [0.4, 0.5) is 5.69 Å². The summed E-state index contributed by atoms with van der Waals surface area (Å²) in [6.45, 7) is 3.65. The lowest BCUT2D eigenvalue weighted by molar-refractivity contribution is -0.147. The van der Waals surface area contributed by atoms with E-state index in [1.165, 1.54) is 0 Å². The zero-order valence-electron chi connectivity index (χ0n) is 14.2. The number of halogens is 1. The van der Waals surface area contributed by atoms with Gasteiger partial charge in [0.05, 0.1) is 23.7 Å². The number of amides is 1. The maximum atomic E-state index is 11.8. The number of carbonyl (C=O) groups excluding carboxylic acids is 2. The molecule has 0 heterocycles. The summed E-state index contributed by atoms with van der Waals surface area (Å²) in [5, 5.41) is 3.04. The van der Waals surface area contributed by atoms with Crippen molar-refractivity contribution in [2.75, 3.05) is 18.5 Å². The second kappa shape index (κ2) is 9.08. The summed E-state index contributed by atoms with van der Waals surface area (Å²) in [6.07, 6.45) is 0.0624. The summed E-state index contributed by atoms with van der Waals surface area (Å²) in [5.41, 5.74) is 2.46. The van der Waals surface area contributed by atoms with E-state index in [0.29, 0.717) is 10.7 Å². The first-order chi connectivity index (χ1) is 12.0. The predicted octanol–water partition coefficient (Wildman–Crippen LogP) is 3.91. The van der Waals surface area contributed by atoms with Crippen molar-refractivity contribution < 1.29 is 19.1 Å². The predicted molar refractivity (Wildman–Crippen MR) is 97.1 cm³/mol. The maximum absolute atomic E-state index is 11.8. The van der Waals surface area contributed by atoms with Crippen LogP contribution in [0.1, 0.15) is 17.5 Å². The molecule has 2 aromatic carbocycles. The first-order valence-corrected chi connectivity index (χ1v) is 8.23. The zero-order valence-corrected chi connectivity index (χ0v) is 14.9. The fourth-order valence-electron chi connectivity index (χ4n) is 2.09. The molecule has 0 radical (unpaired) electrons. The molecule has 0 saturated carbocycles. The molecule has 0 spiro atoms. The van der Waals surface area contributed by atoms with Crippen LogP contribution in [-0.2, 0) is 14.3 Å². The van der Waals surface area contributed by atoms with Gasteiger partial charge in [0.2, 0.25) is 0 Å². The first kappa shape index (κ1) is 18.8. The fourth-order valence-corrected chi connectivity index (χ4v) is 2.37. The standard InChI is InChI=1S/C19H20ClNO4/c1-13-7-8-16(15(20)11-13)21-18(22)12-25-19(23)9-10-24-17-6-4-3-5-14(17)2/h3-8,11H,9-10,12H2,1-2H3,(H,21,22). The topological polar surface area (TPSA) is 64.6 Å². The number of anilines is 1. The Morgan fingerprint density at radius 3 is 2.60 bits per heavy atom. The summed E-state index contributed by atoms with van der Waals surface area (Å²) in [6, 6.07) is 12.8. The molecule has 5 nitrogen and oxygen atoms in total. The molecule has 6 heteroatoms. The number of aryl methyl sites for hydroxylation is 2. The third kappa shape index (κ3) is 6.12. The van der Waals surface area contributed by atoms with Crippen LogP contribution in [0.5, 0.6) is 5.75 Å². The molecular weight excluding hydrogens is 342 g/mol. The maximum Gasteiger partial charge on any atom is 0.309 e. The molecule has 0 fully saturated rings. The lowest BCUT2D eigenvalue weighted by Crippen LogP contribution is -2.21. The van der Waals surface area contributed by atoms with E-state index < -0.39 is 11.9 Å². The highest BCUT2D eigenvalue weighted by Gasteiger charge is 2.10. The molecule has 0 aliphatic carbocycles. The normalized spacial score (nSPS) is 10.2. The van der Waals surface area contributed by atoms with Gasteiger partial charge in [-0.05, 0) is 43.2 Å². The van der Waals surface area contributed by atoms with E-state index in [9.17, 15) is 9.59 Å². The molecule has 0 aliphatic heterocycles. The third-order valence-electron chi connectivity index (χ3n) is 3.42. The van der Waals surface area contributed by atoms with Crippen LogP contribution in [0.25, 0.3) is 0 Å². The van der Waals surface area contributed by atoms with Crippen molar-refractivity contribution in [2.45, 2.75) is 20.3 Å². The second-order valence-electron chi connectivity index (χ2n) is 5.56. The van der Waals surface area contributed by atoms with Crippen LogP contribution in [0.3, 0.4) is 0 Å². The van der Waals surface area contributed by atoms with Gasteiger partial charge in [0.25, 0.3) is 5.91 Å². The fraction of sp³-hybridized carbons (Fsp3) is 0.263. The van der Waals surface area contributed by atoms with Crippen LogP contribution in [-0.4, -0.2) is 25.1 Å². The molecule has 0 saturated heterocycles. The van der Waals surface area contributed by atoms with E-state index in [2.05, 4.69) is 5.32 Å². The van der Waals surface area contributed by atoms with Gasteiger partial charge in [0.1, 0.15) is 5.75 Å². The van der Waals surface area contributed by atoms with E-state index in [1.54, 1.807) is 12.1 Å². The van der Waals surface area contributed by atoms with E-state index in [1.807, 2.05) is 44.2 Å². The summed E-state index contributed by atoms with van der Waals surface area (Å²) in [7, 11) is 0. The van der Waals surface area contributed by atoms with Crippen molar-refractivity contribution in [3.8, 4) is 5.75 Å². The van der Waals surface area contributed by atoms with Crippen molar-refractivity contribution >= 4 is 29.2 Å². The largest absolute Gasteiger partial charge is 0.493 e. The Bertz CT molecular complexity index is 761. The summed E-state index contributed by atoms with van der Waals surface area (Å²) in [4.78, 5) is 23.5. The van der Waals surface area contributed by atoms with Gasteiger partial charge in [0.15, 0.2) is 6.61 Å². The Labute approximate surface area is 151 Å². The molecule has 0 unspecified atom stereocenters. The summed E-state index contributed by atoms with van der Waals surface area (Å²) >= 11 is 6.04. The van der Waals surface area contributed by atoms with Gasteiger partial charge in [-0.15, -0.1) is 0 Å². The summed E-state index contributed by atoms with van der Waals surface area (Å²) < 4.78 is 10.5. The number of carbonyl (C=O) groups is 2. The number of nitrogens with one attached hydrogen (secondary N) is 1. The number of rotatable bonds is 7. The van der Waals surface area contributed by atoms with Crippen LogP contribution in [0, 0.1) is 13.8 Å². The molecule has 25 heavy (non-hydrogen) atoms. The molecule has 0 bridgehead atoms. The quantitative estimate of drug-likeness (QED) is 0.759. The number of hydrogen-bond acceptors (Lipinski definition) is 4. The second-order valence-corrected chi connectivity index (χ2v) is 5.96. The Morgan fingerprint density at radius 2 is 1.88 bits per heavy atom. The smallest absolute Gasteiger partial charge is 0.309 e. The minimum atomic E-state index is -0.501. The highest BCUT2D eigenvalue weighted by molar-refractivity contribution is 6.33. The van der Waals surface area contributed by atoms with Crippen molar-refractivity contribution in [1.29, 1.82) is 0 Å². The van der Waals surface area contributed by atoms with Gasteiger partial charge < -0.3 is 14.8 Å². The third-order valence-corrected chi connectivity index (χ3v) is 3.73. The van der Waals surface area contributed by atoms with Crippen LogP contribution in [0.2, 0.25) is 5.02 Å². The Hall–Kier alpha value is -2.53. The van der Waals surface area contributed by atoms with Gasteiger partial charge in [-0.3, -0.25) is 9.59 Å². The Morgan fingerprint density at radius 1 is 1.12 bits per heavy atom. The average Bonchev–Trinajstić information content (AvgIpc) is 2.57. The van der Waals surface area contributed by atoms with Crippen molar-refractivity contribution in [2.24, 2.45) is 0 Å². The van der Waals surface area contributed by atoms with Gasteiger partial charge in [-0.25, -0.2) is 0 Å². The van der Waals surface area contributed by atoms with Crippen molar-refractivity contribution in [3.05, 3.63) is 58.6 Å². The van der Waals surface area contributed by atoms with Gasteiger partial charge >= 0.3 is 5.97 Å². The number of para-hydroxylation sites is 1. The van der Waals surface area contributed by atoms with E-state index in [4.69, 9.17) is 21.1 Å². The highest BCUT2D eigenvalue weighted by Crippen LogP contribution is 2.22. The van der Waals surface area contributed by atoms with Crippen LogP contribution < -0.4 is 10.1 Å². The van der Waals surface area contributed by atoms with Gasteiger partial charge in [-0.1, -0.05) is 35.9 Å². The average molecular weight is 362 g/mol. The molecule has 0 aliphatic rings. The number of ether oxygens (including phenoxy) is 2. The lowest BCUT2D eigenvalue weighted by atomic mass is 10.2. The Balaban J connectivity index is 1.70. The SMILES string of the molecule is Cc1ccc(NC(=O)COC(=O)CCOc2ccccc2C)c(Cl)c1. The van der Waals surface area contributed by atoms with E-state index >= 15 is 0 Å². The minimum absolute atomic E-state index is 0.0624. The molecule has 0 atom stereocenters. The Kier molecular flexibility index (Phi) is 6.83. The first-order valence-electron chi connectivity index (χ1n) is 7.86. The number of esters is 1. The van der Waals surface area contributed by atoms with Crippen LogP contribution in [0.15, 0.2) is 42.5 Å². The zero-order chi connectivity index (χ0) is 18.2. The van der Waals surface area contributed by atoms with Gasteiger partial charge in [-0.2, -0.15) is 0 Å². The van der Waals surface area contributed by atoms with E-state index in [0.717, 1.165) is 16.9 Å². The molecule has 132 valence electrons. The molecular formula is C19H20ClNO4. The monoisotopic (exact) mass is 361 g/mol. The molecule has 1 amide bonds. The number of benzene rings is 2. The van der Waals surface area contributed by atoms with Crippen molar-refractivity contribution in [1.82, 2.24) is 0 Å². The van der Waals surface area contributed by atoms with E-state index in [-0.39, 0.29) is 19.6 Å². The van der Waals surface area contributed by atoms with Crippen LogP contribution >= 0.6 is 11.6 Å². The molecule has 1 N–H and O–H groups in total. The van der Waals surface area contributed by atoms with Crippen molar-refractivity contribution in [3.63, 3.8) is 0 Å². The van der Waals surface area contributed by atoms with Gasteiger partial charge in [0, 0.05) is 0 Å². The highest BCUT2D eigenvalue weighted by atomic mass is 35.5. The number of hydrogen-bond donors (Lipinski definition) is 1. The molecule has 2 aromatic rings.